The number of hydrogen-bond donors (Lipinski definition) is 1. The number of ether oxygens (including phenoxy) is 1. The molecule has 2 N–H and O–H groups in total. The fraction of sp³-hybridized carbons (Fsp3) is 0.500. The van der Waals surface area contributed by atoms with Crippen molar-refractivity contribution >= 4 is 17.3 Å². The molecule has 1 aromatic rings. The maximum absolute atomic E-state index is 12.4. The Morgan fingerprint density at radius 2 is 2.22 bits per heavy atom. The van der Waals surface area contributed by atoms with E-state index in [-0.39, 0.29) is 12.0 Å². The first-order chi connectivity index (χ1) is 8.74. The summed E-state index contributed by atoms with van der Waals surface area (Å²) in [6, 6.07) is 7.45. The van der Waals surface area contributed by atoms with Gasteiger partial charge in [0.05, 0.1) is 11.4 Å². The maximum atomic E-state index is 12.4. The summed E-state index contributed by atoms with van der Waals surface area (Å²) in [7, 11) is 0. The van der Waals surface area contributed by atoms with Gasteiger partial charge in [0.2, 0.25) is 0 Å². The van der Waals surface area contributed by atoms with E-state index in [2.05, 4.69) is 0 Å². The molecule has 4 heteroatoms. The molecule has 1 aliphatic heterocycles. The number of nitrogens with two attached hydrogens (primary N) is 1. The number of hydrogen-bond acceptors (Lipinski definition) is 3. The van der Waals surface area contributed by atoms with Crippen LogP contribution < -0.4 is 10.6 Å². The van der Waals surface area contributed by atoms with Crippen molar-refractivity contribution < 1.29 is 9.53 Å². The van der Waals surface area contributed by atoms with E-state index in [0.29, 0.717) is 18.8 Å². The van der Waals surface area contributed by atoms with Gasteiger partial charge in [0.1, 0.15) is 6.10 Å². The van der Waals surface area contributed by atoms with Crippen molar-refractivity contribution in [2.45, 2.75) is 32.3 Å². The maximum Gasteiger partial charge on any atom is 0.256 e. The molecule has 4 nitrogen and oxygen atoms in total. The Balaban J connectivity index is 2.17. The van der Waals surface area contributed by atoms with Crippen LogP contribution in [0.15, 0.2) is 24.3 Å². The molecule has 1 fully saturated rings. The molecule has 1 saturated heterocycles. The summed E-state index contributed by atoms with van der Waals surface area (Å²) in [5.41, 5.74) is 7.33. The van der Waals surface area contributed by atoms with Crippen LogP contribution in [0.4, 0.5) is 11.4 Å². The average molecular weight is 248 g/mol. The minimum Gasteiger partial charge on any atom is -0.397 e. The van der Waals surface area contributed by atoms with Gasteiger partial charge in [-0.15, -0.1) is 0 Å². The molecule has 0 radical (unpaired) electrons. The predicted molar refractivity (Wildman–Crippen MR) is 72.5 cm³/mol. The molecular weight excluding hydrogens is 228 g/mol. The van der Waals surface area contributed by atoms with Gasteiger partial charge in [-0.3, -0.25) is 4.79 Å². The van der Waals surface area contributed by atoms with E-state index in [0.717, 1.165) is 24.9 Å². The molecule has 98 valence electrons. The van der Waals surface area contributed by atoms with Crippen LogP contribution in [0.5, 0.6) is 0 Å². The molecule has 0 aromatic heterocycles. The van der Waals surface area contributed by atoms with Crippen molar-refractivity contribution in [1.29, 1.82) is 0 Å². The van der Waals surface area contributed by atoms with Crippen LogP contribution in [0.1, 0.15) is 26.2 Å². The van der Waals surface area contributed by atoms with E-state index in [4.69, 9.17) is 10.5 Å². The van der Waals surface area contributed by atoms with Crippen molar-refractivity contribution in [3.63, 3.8) is 0 Å². The highest BCUT2D eigenvalue weighted by molar-refractivity contribution is 5.99. The third-order valence-electron chi connectivity index (χ3n) is 3.26. The SMILES string of the molecule is CCN(C(=O)C1CCCCO1)c1ccccc1N. The van der Waals surface area contributed by atoms with E-state index in [1.807, 2.05) is 31.2 Å². The van der Waals surface area contributed by atoms with Gasteiger partial charge in [-0.1, -0.05) is 12.1 Å². The first kappa shape index (κ1) is 12.9. The number of benzene rings is 1. The fourth-order valence-corrected chi connectivity index (χ4v) is 2.29. The van der Waals surface area contributed by atoms with E-state index in [1.165, 1.54) is 0 Å². The highest BCUT2D eigenvalue weighted by Crippen LogP contribution is 2.25. The molecule has 1 aliphatic rings. The lowest BCUT2D eigenvalue weighted by molar-refractivity contribution is -0.132. The number of likely N-dealkylation sites (N-methyl/N-ethyl adjacent to an activating group) is 1. The van der Waals surface area contributed by atoms with Crippen LogP contribution in [0.2, 0.25) is 0 Å². The van der Waals surface area contributed by atoms with Gasteiger partial charge < -0.3 is 15.4 Å². The lowest BCUT2D eigenvalue weighted by Gasteiger charge is -2.29. The minimum absolute atomic E-state index is 0.0232. The zero-order chi connectivity index (χ0) is 13.0. The molecule has 1 aromatic carbocycles. The molecule has 2 rings (SSSR count). The molecular formula is C14H20N2O2. The van der Waals surface area contributed by atoms with Gasteiger partial charge in [0, 0.05) is 13.2 Å². The molecule has 1 unspecified atom stereocenters. The lowest BCUT2D eigenvalue weighted by atomic mass is 10.1. The second-order valence-electron chi connectivity index (χ2n) is 4.50. The topological polar surface area (TPSA) is 55.6 Å². The van der Waals surface area contributed by atoms with Gasteiger partial charge in [-0.25, -0.2) is 0 Å². The summed E-state index contributed by atoms with van der Waals surface area (Å²) in [5, 5.41) is 0. The Bertz CT molecular complexity index is 414. The summed E-state index contributed by atoms with van der Waals surface area (Å²) in [5.74, 6) is 0.0232. The summed E-state index contributed by atoms with van der Waals surface area (Å²) < 4.78 is 5.55. The molecule has 0 saturated carbocycles. The first-order valence-corrected chi connectivity index (χ1v) is 6.51. The number of carbonyl (C=O) groups is 1. The summed E-state index contributed by atoms with van der Waals surface area (Å²) in [6.45, 7) is 3.23. The lowest BCUT2D eigenvalue weighted by Crippen LogP contribution is -2.42. The van der Waals surface area contributed by atoms with Crippen LogP contribution in [0, 0.1) is 0 Å². The fourth-order valence-electron chi connectivity index (χ4n) is 2.29. The van der Waals surface area contributed by atoms with Crippen LogP contribution in [0.25, 0.3) is 0 Å². The van der Waals surface area contributed by atoms with Crippen LogP contribution in [-0.2, 0) is 9.53 Å². The van der Waals surface area contributed by atoms with Crippen molar-refractivity contribution in [3.05, 3.63) is 24.3 Å². The number of nitrogen functional groups attached to an aromatic ring is 1. The zero-order valence-corrected chi connectivity index (χ0v) is 10.8. The van der Waals surface area contributed by atoms with Gasteiger partial charge in [-0.2, -0.15) is 0 Å². The van der Waals surface area contributed by atoms with E-state index >= 15 is 0 Å². The smallest absolute Gasteiger partial charge is 0.256 e. The largest absolute Gasteiger partial charge is 0.397 e. The van der Waals surface area contributed by atoms with Crippen molar-refractivity contribution in [3.8, 4) is 0 Å². The van der Waals surface area contributed by atoms with Crippen LogP contribution >= 0.6 is 0 Å². The Labute approximate surface area is 108 Å². The second-order valence-corrected chi connectivity index (χ2v) is 4.50. The standard InChI is InChI=1S/C14H20N2O2/c1-2-16(12-8-4-3-7-11(12)15)14(17)13-9-5-6-10-18-13/h3-4,7-8,13H,2,5-6,9-10,15H2,1H3. The molecule has 1 amide bonds. The van der Waals surface area contributed by atoms with Gasteiger partial charge in [0.15, 0.2) is 0 Å². The average Bonchev–Trinajstić information content (AvgIpc) is 2.42. The summed E-state index contributed by atoms with van der Waals surface area (Å²) in [4.78, 5) is 14.1. The summed E-state index contributed by atoms with van der Waals surface area (Å²) in [6.07, 6.45) is 2.60. The van der Waals surface area contributed by atoms with Gasteiger partial charge in [0.25, 0.3) is 5.91 Å². The Morgan fingerprint density at radius 1 is 1.44 bits per heavy atom. The molecule has 0 spiro atoms. The quantitative estimate of drug-likeness (QED) is 0.834. The summed E-state index contributed by atoms with van der Waals surface area (Å²) >= 11 is 0. The molecule has 0 bridgehead atoms. The zero-order valence-electron chi connectivity index (χ0n) is 10.8. The minimum atomic E-state index is -0.307. The Hall–Kier alpha value is -1.55. The number of para-hydroxylation sites is 2. The van der Waals surface area contributed by atoms with Crippen molar-refractivity contribution in [2.75, 3.05) is 23.8 Å². The van der Waals surface area contributed by atoms with Crippen LogP contribution in [0.3, 0.4) is 0 Å². The van der Waals surface area contributed by atoms with Gasteiger partial charge >= 0.3 is 0 Å². The normalized spacial score (nSPS) is 19.5. The molecule has 0 aliphatic carbocycles. The third kappa shape index (κ3) is 2.64. The number of anilines is 2. The Kier molecular flexibility index (Phi) is 4.20. The number of carbonyl (C=O) groups excluding carboxylic acids is 1. The van der Waals surface area contributed by atoms with Gasteiger partial charge in [-0.05, 0) is 38.3 Å². The highest BCUT2D eigenvalue weighted by atomic mass is 16.5. The predicted octanol–water partition coefficient (Wildman–Crippen LogP) is 2.19. The van der Waals surface area contributed by atoms with Crippen molar-refractivity contribution in [2.24, 2.45) is 0 Å². The molecule has 1 atom stereocenters. The van der Waals surface area contributed by atoms with Crippen molar-refractivity contribution in [1.82, 2.24) is 0 Å². The first-order valence-electron chi connectivity index (χ1n) is 6.51. The Morgan fingerprint density at radius 3 is 2.83 bits per heavy atom. The highest BCUT2D eigenvalue weighted by Gasteiger charge is 2.27. The second kappa shape index (κ2) is 5.87. The van der Waals surface area contributed by atoms with E-state index in [1.54, 1.807) is 4.90 Å². The monoisotopic (exact) mass is 248 g/mol. The molecule has 1 heterocycles. The van der Waals surface area contributed by atoms with E-state index in [9.17, 15) is 4.79 Å². The van der Waals surface area contributed by atoms with E-state index < -0.39 is 0 Å². The third-order valence-corrected chi connectivity index (χ3v) is 3.26. The number of rotatable bonds is 3. The molecule has 18 heavy (non-hydrogen) atoms. The number of nitrogens with zero attached hydrogens (tertiary/aromatic N) is 1. The number of amides is 1. The van der Waals surface area contributed by atoms with Crippen LogP contribution in [-0.4, -0.2) is 25.2 Å².